The number of ether oxygens (including phenoxy) is 1. The summed E-state index contributed by atoms with van der Waals surface area (Å²) in [4.78, 5) is 31.5. The summed E-state index contributed by atoms with van der Waals surface area (Å²) >= 11 is 0. The molecule has 1 aliphatic heterocycles. The number of fused-ring (bicyclic) bond motifs is 1. The number of likely N-dealkylation sites (N-methyl/N-ethyl adjacent to an activating group) is 1. The Morgan fingerprint density at radius 2 is 1.76 bits per heavy atom. The van der Waals surface area contributed by atoms with Crippen LogP contribution >= 0.6 is 0 Å². The van der Waals surface area contributed by atoms with E-state index in [4.69, 9.17) is 9.72 Å². The fourth-order valence-electron chi connectivity index (χ4n) is 5.11. The lowest BCUT2D eigenvalue weighted by atomic mass is 9.98. The molecule has 0 aliphatic carbocycles. The zero-order valence-electron chi connectivity index (χ0n) is 23.6. The lowest BCUT2D eigenvalue weighted by molar-refractivity contribution is 0.0993. The highest BCUT2D eigenvalue weighted by Crippen LogP contribution is 2.30. The monoisotopic (exact) mass is 547 g/mol. The molecule has 0 atom stereocenters. The van der Waals surface area contributed by atoms with E-state index in [1.165, 1.54) is 5.56 Å². The van der Waals surface area contributed by atoms with Gasteiger partial charge in [0, 0.05) is 75.9 Å². The van der Waals surface area contributed by atoms with Crippen molar-refractivity contribution in [3.05, 3.63) is 95.4 Å². The molecule has 0 N–H and O–H groups in total. The predicted octanol–water partition coefficient (Wildman–Crippen LogP) is 4.70. The SMILES string of the molecule is Cc1cc(C(=O)Cc2cccc(Oc3nc(-c4ccncc4)nc4nn(C)cc34)c2)ccc1CN1CCN(C)CC1. The predicted molar refractivity (Wildman–Crippen MR) is 158 cm³/mol. The maximum Gasteiger partial charge on any atom is 0.234 e. The highest BCUT2D eigenvalue weighted by Gasteiger charge is 2.17. The van der Waals surface area contributed by atoms with E-state index in [0.717, 1.165) is 55.0 Å². The molecule has 1 fully saturated rings. The Labute approximate surface area is 239 Å². The Bertz CT molecular complexity index is 1690. The van der Waals surface area contributed by atoms with Gasteiger partial charge in [-0.1, -0.05) is 24.3 Å². The minimum Gasteiger partial charge on any atom is -0.438 e. The average molecular weight is 548 g/mol. The van der Waals surface area contributed by atoms with Gasteiger partial charge in [0.15, 0.2) is 17.3 Å². The first-order chi connectivity index (χ1) is 19.9. The standard InChI is InChI=1S/C32H33N7O2/c1-22-17-25(7-8-26(22)20-39-15-13-37(2)14-16-39)29(40)19-23-5-4-6-27(18-23)41-32-28-21-38(3)36-31(28)34-30(35-32)24-9-11-33-12-10-24/h4-12,17-18,21H,13-16,19-20H2,1-3H3. The molecule has 0 saturated carbocycles. The number of nitrogens with zero attached hydrogens (tertiary/aromatic N) is 7. The number of ketones is 1. The molecule has 0 unspecified atom stereocenters. The number of hydrogen-bond acceptors (Lipinski definition) is 8. The van der Waals surface area contributed by atoms with E-state index in [9.17, 15) is 4.79 Å². The van der Waals surface area contributed by atoms with E-state index in [0.29, 0.717) is 28.5 Å². The molecular formula is C32H33N7O2. The van der Waals surface area contributed by atoms with Gasteiger partial charge in [0.05, 0.1) is 0 Å². The zero-order valence-corrected chi connectivity index (χ0v) is 23.6. The molecule has 41 heavy (non-hydrogen) atoms. The summed E-state index contributed by atoms with van der Waals surface area (Å²) in [6, 6.07) is 17.4. The van der Waals surface area contributed by atoms with Gasteiger partial charge in [-0.2, -0.15) is 10.1 Å². The quantitative estimate of drug-likeness (QED) is 0.258. The lowest BCUT2D eigenvalue weighted by Crippen LogP contribution is -2.43. The van der Waals surface area contributed by atoms with Crippen LogP contribution in [0.5, 0.6) is 11.6 Å². The maximum atomic E-state index is 13.3. The fraction of sp³-hybridized carbons (Fsp3) is 0.281. The van der Waals surface area contributed by atoms with E-state index < -0.39 is 0 Å². The molecule has 9 heteroatoms. The Morgan fingerprint density at radius 1 is 0.951 bits per heavy atom. The lowest BCUT2D eigenvalue weighted by Gasteiger charge is -2.32. The molecule has 0 amide bonds. The summed E-state index contributed by atoms with van der Waals surface area (Å²) < 4.78 is 7.96. The third-order valence-electron chi connectivity index (χ3n) is 7.53. The number of aryl methyl sites for hydroxylation is 2. The van der Waals surface area contributed by atoms with Crippen LogP contribution in [0.15, 0.2) is 73.2 Å². The topological polar surface area (TPSA) is 89.3 Å². The van der Waals surface area contributed by atoms with E-state index in [1.807, 2.05) is 61.8 Å². The summed E-state index contributed by atoms with van der Waals surface area (Å²) in [5.74, 6) is 1.59. The zero-order chi connectivity index (χ0) is 28.3. The van der Waals surface area contributed by atoms with E-state index >= 15 is 0 Å². The molecule has 0 bridgehead atoms. The molecule has 9 nitrogen and oxygen atoms in total. The number of hydrogen-bond donors (Lipinski definition) is 0. The maximum absolute atomic E-state index is 13.3. The van der Waals surface area contributed by atoms with Gasteiger partial charge >= 0.3 is 0 Å². The molecular weight excluding hydrogens is 514 g/mol. The fourth-order valence-corrected chi connectivity index (χ4v) is 5.11. The van der Waals surface area contributed by atoms with Gasteiger partial charge in [0.1, 0.15) is 11.1 Å². The van der Waals surface area contributed by atoms with Gasteiger partial charge in [0.25, 0.3) is 0 Å². The normalized spacial score (nSPS) is 14.4. The molecule has 5 aromatic rings. The van der Waals surface area contributed by atoms with Crippen LogP contribution in [0, 0.1) is 6.92 Å². The second-order valence-electron chi connectivity index (χ2n) is 10.7. The van der Waals surface area contributed by atoms with Gasteiger partial charge in [-0.3, -0.25) is 19.4 Å². The van der Waals surface area contributed by atoms with Crippen LogP contribution in [0.4, 0.5) is 0 Å². The number of piperazine rings is 1. The van der Waals surface area contributed by atoms with Crippen LogP contribution < -0.4 is 4.74 Å². The summed E-state index contributed by atoms with van der Waals surface area (Å²) in [6.07, 6.45) is 5.52. The molecule has 6 rings (SSSR count). The van der Waals surface area contributed by atoms with Crippen molar-refractivity contribution in [2.75, 3.05) is 33.2 Å². The summed E-state index contributed by atoms with van der Waals surface area (Å²) in [5.41, 5.74) is 5.40. The number of carbonyl (C=O) groups excluding carboxylic acids is 1. The Kier molecular flexibility index (Phi) is 7.54. The summed E-state index contributed by atoms with van der Waals surface area (Å²) in [7, 11) is 4.00. The van der Waals surface area contributed by atoms with Crippen LogP contribution in [0.25, 0.3) is 22.4 Å². The minimum atomic E-state index is 0.0769. The third kappa shape index (κ3) is 6.16. The molecule has 0 radical (unpaired) electrons. The van der Waals surface area contributed by atoms with Crippen LogP contribution in [0.3, 0.4) is 0 Å². The van der Waals surface area contributed by atoms with Gasteiger partial charge in [0.2, 0.25) is 5.88 Å². The number of carbonyl (C=O) groups is 1. The minimum absolute atomic E-state index is 0.0769. The van der Waals surface area contributed by atoms with Gasteiger partial charge in [-0.05, 0) is 61.0 Å². The van der Waals surface area contributed by atoms with Crippen molar-refractivity contribution in [1.29, 1.82) is 0 Å². The highest BCUT2D eigenvalue weighted by molar-refractivity contribution is 5.97. The third-order valence-corrected chi connectivity index (χ3v) is 7.53. The van der Waals surface area contributed by atoms with Crippen molar-refractivity contribution in [2.45, 2.75) is 19.9 Å². The Balaban J connectivity index is 1.18. The summed E-state index contributed by atoms with van der Waals surface area (Å²) in [5, 5.41) is 5.17. The van der Waals surface area contributed by atoms with Crippen LogP contribution in [0.1, 0.15) is 27.0 Å². The first-order valence-corrected chi connectivity index (χ1v) is 13.8. The van der Waals surface area contributed by atoms with Crippen molar-refractivity contribution in [2.24, 2.45) is 7.05 Å². The number of aromatic nitrogens is 5. The highest BCUT2D eigenvalue weighted by atomic mass is 16.5. The van der Waals surface area contributed by atoms with Crippen molar-refractivity contribution in [1.82, 2.24) is 34.5 Å². The van der Waals surface area contributed by atoms with Gasteiger partial charge in [-0.25, -0.2) is 4.98 Å². The number of rotatable bonds is 8. The molecule has 4 heterocycles. The molecule has 3 aromatic heterocycles. The molecule has 1 aliphatic rings. The first kappa shape index (κ1) is 26.7. The molecule has 208 valence electrons. The summed E-state index contributed by atoms with van der Waals surface area (Å²) in [6.45, 7) is 7.34. The smallest absolute Gasteiger partial charge is 0.234 e. The van der Waals surface area contributed by atoms with Crippen LogP contribution in [-0.4, -0.2) is 73.5 Å². The van der Waals surface area contributed by atoms with E-state index in [1.54, 1.807) is 17.1 Å². The van der Waals surface area contributed by atoms with Crippen LogP contribution in [0.2, 0.25) is 0 Å². The van der Waals surface area contributed by atoms with E-state index in [-0.39, 0.29) is 12.2 Å². The second kappa shape index (κ2) is 11.6. The number of Topliss-reactive ketones (excluding diaryl/α,β-unsaturated/α-hetero) is 1. The molecule has 0 spiro atoms. The van der Waals surface area contributed by atoms with Crippen molar-refractivity contribution >= 4 is 16.8 Å². The Hall–Kier alpha value is -4.47. The van der Waals surface area contributed by atoms with Crippen molar-refractivity contribution in [3.8, 4) is 23.0 Å². The average Bonchev–Trinajstić information content (AvgIpc) is 3.36. The number of pyridine rings is 1. The largest absolute Gasteiger partial charge is 0.438 e. The van der Waals surface area contributed by atoms with Gasteiger partial charge < -0.3 is 9.64 Å². The number of benzene rings is 2. The van der Waals surface area contributed by atoms with Crippen LogP contribution in [-0.2, 0) is 20.0 Å². The van der Waals surface area contributed by atoms with Crippen molar-refractivity contribution in [3.63, 3.8) is 0 Å². The van der Waals surface area contributed by atoms with E-state index in [2.05, 4.69) is 44.9 Å². The van der Waals surface area contributed by atoms with Gasteiger partial charge in [-0.15, -0.1) is 0 Å². The first-order valence-electron chi connectivity index (χ1n) is 13.8. The molecule has 1 saturated heterocycles. The molecule has 2 aromatic carbocycles. The Morgan fingerprint density at radius 3 is 2.54 bits per heavy atom. The second-order valence-corrected chi connectivity index (χ2v) is 10.7. The van der Waals surface area contributed by atoms with Crippen molar-refractivity contribution < 1.29 is 9.53 Å².